The third-order valence-electron chi connectivity index (χ3n) is 4.25. The summed E-state index contributed by atoms with van der Waals surface area (Å²) in [6.07, 6.45) is -3.66. The van der Waals surface area contributed by atoms with Crippen LogP contribution >= 0.6 is 0 Å². The first-order chi connectivity index (χ1) is 13.4. The molecule has 6 nitrogen and oxygen atoms in total. The van der Waals surface area contributed by atoms with Crippen LogP contribution in [-0.2, 0) is 16.0 Å². The Bertz CT molecular complexity index is 1200. The lowest BCUT2D eigenvalue weighted by Gasteiger charge is -2.11. The third-order valence-corrected chi connectivity index (χ3v) is 5.38. The van der Waals surface area contributed by atoms with E-state index in [1.807, 2.05) is 0 Å². The van der Waals surface area contributed by atoms with Gasteiger partial charge in [0.1, 0.15) is 0 Å². The van der Waals surface area contributed by atoms with Crippen molar-refractivity contribution in [1.29, 1.82) is 0 Å². The number of halogens is 3. The molecular weight excluding hydrogens is 409 g/mol. The normalized spacial score (nSPS) is 12.2. The molecule has 1 heterocycles. The highest BCUT2D eigenvalue weighted by molar-refractivity contribution is 7.90. The van der Waals surface area contributed by atoms with Crippen molar-refractivity contribution >= 4 is 15.8 Å². The van der Waals surface area contributed by atoms with Gasteiger partial charge in [0.15, 0.2) is 15.5 Å². The summed E-state index contributed by atoms with van der Waals surface area (Å²) < 4.78 is 64.1. The van der Waals surface area contributed by atoms with Crippen LogP contribution < -0.4 is 0 Å². The SMILES string of the molecule is Cc1cc(C(=O)O)ccc1-n1nc(C(F)(F)F)cc1-c1ccc(S(C)(=O)=O)cc1. The van der Waals surface area contributed by atoms with E-state index < -0.39 is 27.7 Å². The van der Waals surface area contributed by atoms with E-state index in [4.69, 9.17) is 5.11 Å². The van der Waals surface area contributed by atoms with Gasteiger partial charge in [-0.1, -0.05) is 12.1 Å². The molecule has 0 unspecified atom stereocenters. The van der Waals surface area contributed by atoms with Gasteiger partial charge in [0.25, 0.3) is 0 Å². The maximum Gasteiger partial charge on any atom is 0.435 e. The average Bonchev–Trinajstić information content (AvgIpc) is 3.06. The number of aromatic carboxylic acids is 1. The van der Waals surface area contributed by atoms with Gasteiger partial charge in [-0.25, -0.2) is 17.9 Å². The van der Waals surface area contributed by atoms with E-state index in [0.29, 0.717) is 11.1 Å². The number of hydrogen-bond donors (Lipinski definition) is 1. The fourth-order valence-electron chi connectivity index (χ4n) is 2.81. The molecule has 0 saturated carbocycles. The van der Waals surface area contributed by atoms with Crippen molar-refractivity contribution in [3.63, 3.8) is 0 Å². The lowest BCUT2D eigenvalue weighted by Crippen LogP contribution is -2.08. The topological polar surface area (TPSA) is 89.3 Å². The van der Waals surface area contributed by atoms with Gasteiger partial charge >= 0.3 is 12.1 Å². The molecule has 0 radical (unpaired) electrons. The molecule has 0 aliphatic carbocycles. The van der Waals surface area contributed by atoms with Crippen molar-refractivity contribution in [2.75, 3.05) is 6.26 Å². The fraction of sp³-hybridized carbons (Fsp3) is 0.158. The monoisotopic (exact) mass is 424 g/mol. The van der Waals surface area contributed by atoms with Gasteiger partial charge in [-0.3, -0.25) is 0 Å². The van der Waals surface area contributed by atoms with Gasteiger partial charge in [-0.15, -0.1) is 0 Å². The second-order valence-corrected chi connectivity index (χ2v) is 8.44. The molecule has 0 amide bonds. The Morgan fingerprint density at radius 2 is 1.69 bits per heavy atom. The Balaban J connectivity index is 2.20. The van der Waals surface area contributed by atoms with E-state index in [1.54, 1.807) is 6.92 Å². The van der Waals surface area contributed by atoms with Crippen LogP contribution in [0.4, 0.5) is 13.2 Å². The summed E-state index contributed by atoms with van der Waals surface area (Å²) in [7, 11) is -3.46. The Hall–Kier alpha value is -3.14. The molecule has 10 heteroatoms. The zero-order valence-corrected chi connectivity index (χ0v) is 16.0. The van der Waals surface area contributed by atoms with E-state index in [2.05, 4.69) is 5.10 Å². The number of rotatable bonds is 4. The molecule has 0 spiro atoms. The summed E-state index contributed by atoms with van der Waals surface area (Å²) >= 11 is 0. The molecule has 0 aliphatic rings. The van der Waals surface area contributed by atoms with E-state index in [9.17, 15) is 26.4 Å². The molecule has 152 valence electrons. The summed E-state index contributed by atoms with van der Waals surface area (Å²) in [5.74, 6) is -1.16. The van der Waals surface area contributed by atoms with Crippen molar-refractivity contribution in [1.82, 2.24) is 9.78 Å². The zero-order chi connectivity index (χ0) is 21.6. The van der Waals surface area contributed by atoms with Crippen LogP contribution in [-0.4, -0.2) is 35.5 Å². The smallest absolute Gasteiger partial charge is 0.435 e. The number of carboxylic acids is 1. The van der Waals surface area contributed by atoms with Crippen LogP contribution in [0.5, 0.6) is 0 Å². The number of nitrogens with zero attached hydrogens (tertiary/aromatic N) is 2. The second-order valence-electron chi connectivity index (χ2n) is 6.43. The number of aromatic nitrogens is 2. The Labute approximate surface area is 164 Å². The predicted molar refractivity (Wildman–Crippen MR) is 98.8 cm³/mol. The minimum atomic E-state index is -4.69. The van der Waals surface area contributed by atoms with Crippen molar-refractivity contribution in [2.45, 2.75) is 18.0 Å². The molecule has 0 bridgehead atoms. The van der Waals surface area contributed by atoms with Crippen molar-refractivity contribution in [3.8, 4) is 16.9 Å². The first-order valence-corrected chi connectivity index (χ1v) is 10.1. The third kappa shape index (κ3) is 4.16. The van der Waals surface area contributed by atoms with Crippen LogP contribution in [0.2, 0.25) is 0 Å². The number of sulfone groups is 1. The van der Waals surface area contributed by atoms with Gasteiger partial charge in [-0.05, 0) is 48.9 Å². The van der Waals surface area contributed by atoms with Gasteiger partial charge in [0.05, 0.1) is 21.8 Å². The number of alkyl halides is 3. The number of hydrogen-bond acceptors (Lipinski definition) is 4. The first-order valence-electron chi connectivity index (χ1n) is 8.20. The zero-order valence-electron chi connectivity index (χ0n) is 15.2. The van der Waals surface area contributed by atoms with Gasteiger partial charge in [-0.2, -0.15) is 18.3 Å². The highest BCUT2D eigenvalue weighted by Crippen LogP contribution is 2.34. The highest BCUT2D eigenvalue weighted by atomic mass is 32.2. The van der Waals surface area contributed by atoms with Gasteiger partial charge < -0.3 is 5.11 Å². The van der Waals surface area contributed by atoms with Crippen LogP contribution in [0.15, 0.2) is 53.4 Å². The predicted octanol–water partition coefficient (Wildman–Crippen LogP) is 3.97. The Morgan fingerprint density at radius 3 is 2.17 bits per heavy atom. The lowest BCUT2D eigenvalue weighted by atomic mass is 10.1. The van der Waals surface area contributed by atoms with Crippen molar-refractivity contribution < 1.29 is 31.5 Å². The number of carboxylic acid groups (broad SMARTS) is 1. The maximum absolute atomic E-state index is 13.3. The van der Waals surface area contributed by atoms with Crippen LogP contribution in [0, 0.1) is 6.92 Å². The minimum absolute atomic E-state index is 0.00601. The van der Waals surface area contributed by atoms with Gasteiger partial charge in [0.2, 0.25) is 0 Å². The fourth-order valence-corrected chi connectivity index (χ4v) is 3.44. The summed E-state index contributed by atoms with van der Waals surface area (Å²) in [5, 5.41) is 12.7. The van der Waals surface area contributed by atoms with E-state index in [0.717, 1.165) is 17.0 Å². The van der Waals surface area contributed by atoms with Crippen LogP contribution in [0.3, 0.4) is 0 Å². The molecule has 0 saturated heterocycles. The maximum atomic E-state index is 13.3. The van der Waals surface area contributed by atoms with Crippen molar-refractivity contribution in [3.05, 3.63) is 65.4 Å². The number of benzene rings is 2. The minimum Gasteiger partial charge on any atom is -0.478 e. The first kappa shape index (κ1) is 20.6. The second kappa shape index (κ2) is 7.03. The largest absolute Gasteiger partial charge is 0.478 e. The summed E-state index contributed by atoms with van der Waals surface area (Å²) in [4.78, 5) is 11.2. The standard InChI is InChI=1S/C19H15F3N2O4S/c1-11-9-13(18(25)26)5-8-15(11)24-16(10-17(23-24)19(20,21)22)12-3-6-14(7-4-12)29(2,27)28/h3-10H,1-2H3,(H,25,26). The molecule has 0 atom stereocenters. The molecule has 3 aromatic rings. The number of aryl methyl sites for hydroxylation is 1. The van der Waals surface area contributed by atoms with E-state index in [1.165, 1.54) is 42.5 Å². The van der Waals surface area contributed by atoms with E-state index >= 15 is 0 Å². The highest BCUT2D eigenvalue weighted by Gasteiger charge is 2.35. The lowest BCUT2D eigenvalue weighted by molar-refractivity contribution is -0.141. The number of carbonyl (C=O) groups is 1. The molecule has 0 aliphatic heterocycles. The molecule has 2 aromatic carbocycles. The van der Waals surface area contributed by atoms with Crippen LogP contribution in [0.1, 0.15) is 21.6 Å². The van der Waals surface area contributed by atoms with Gasteiger partial charge in [0, 0.05) is 11.8 Å². The Morgan fingerprint density at radius 1 is 1.07 bits per heavy atom. The quantitative estimate of drug-likeness (QED) is 0.685. The summed E-state index contributed by atoms with van der Waals surface area (Å²) in [6, 6.07) is 10.2. The molecule has 1 N–H and O–H groups in total. The van der Waals surface area contributed by atoms with Crippen molar-refractivity contribution in [2.24, 2.45) is 0 Å². The summed E-state index contributed by atoms with van der Waals surface area (Å²) in [6.45, 7) is 1.56. The Kier molecular flexibility index (Phi) is 4.99. The molecule has 3 rings (SSSR count). The molecule has 1 aromatic heterocycles. The molecular formula is C19H15F3N2O4S. The summed E-state index contributed by atoms with van der Waals surface area (Å²) in [5.41, 5.74) is -0.0380. The van der Waals surface area contributed by atoms with E-state index in [-0.39, 0.29) is 21.8 Å². The van der Waals surface area contributed by atoms with Crippen LogP contribution in [0.25, 0.3) is 16.9 Å². The molecule has 0 fully saturated rings. The molecule has 29 heavy (non-hydrogen) atoms. The average molecular weight is 424 g/mol.